The first kappa shape index (κ1) is 16.4. The first-order valence-corrected chi connectivity index (χ1v) is 8.51. The Hall–Kier alpha value is -1.00. The second-order valence-corrected chi connectivity index (χ2v) is 7.94. The highest BCUT2D eigenvalue weighted by Crippen LogP contribution is 2.32. The Balaban J connectivity index is 1.86. The number of amides is 1. The summed E-state index contributed by atoms with van der Waals surface area (Å²) in [5, 5.41) is 13.0. The standard InChI is InChI=1S/C17H25NO2S/c1-17(2,21-14-9-4-3-5-10-14)16(20)18-12-13-8-6-7-11-15(13)19/h3-5,9-10,13,15,19H,6-8,11-12H2,1-2H3,(H,18,20). The Morgan fingerprint density at radius 2 is 1.95 bits per heavy atom. The molecule has 0 spiro atoms. The first-order valence-electron chi connectivity index (χ1n) is 7.69. The van der Waals surface area contributed by atoms with Gasteiger partial charge in [-0.05, 0) is 38.8 Å². The zero-order valence-corrected chi connectivity index (χ0v) is 13.7. The summed E-state index contributed by atoms with van der Waals surface area (Å²) in [4.78, 5) is 13.5. The zero-order valence-electron chi connectivity index (χ0n) is 12.8. The van der Waals surface area contributed by atoms with Gasteiger partial charge in [-0.3, -0.25) is 4.79 Å². The molecule has 1 fully saturated rings. The largest absolute Gasteiger partial charge is 0.393 e. The van der Waals surface area contributed by atoms with Crippen LogP contribution in [-0.4, -0.2) is 28.4 Å². The third-order valence-corrected chi connectivity index (χ3v) is 5.26. The van der Waals surface area contributed by atoms with E-state index in [-0.39, 0.29) is 17.9 Å². The van der Waals surface area contributed by atoms with Crippen LogP contribution in [0.5, 0.6) is 0 Å². The summed E-state index contributed by atoms with van der Waals surface area (Å²) in [6.45, 7) is 4.47. The highest BCUT2D eigenvalue weighted by atomic mass is 32.2. The Morgan fingerprint density at radius 3 is 2.62 bits per heavy atom. The van der Waals surface area contributed by atoms with Gasteiger partial charge in [0, 0.05) is 17.4 Å². The zero-order chi connectivity index (χ0) is 15.3. The van der Waals surface area contributed by atoms with Crippen LogP contribution in [0.3, 0.4) is 0 Å². The maximum absolute atomic E-state index is 12.4. The van der Waals surface area contributed by atoms with Gasteiger partial charge in [0.05, 0.1) is 10.9 Å². The van der Waals surface area contributed by atoms with E-state index in [1.54, 1.807) is 11.8 Å². The molecule has 0 heterocycles. The monoisotopic (exact) mass is 307 g/mol. The number of thioether (sulfide) groups is 1. The molecule has 21 heavy (non-hydrogen) atoms. The fraction of sp³-hybridized carbons (Fsp3) is 0.588. The Labute approximate surface area is 131 Å². The number of aliphatic hydroxyl groups is 1. The van der Waals surface area contributed by atoms with E-state index in [4.69, 9.17) is 0 Å². The molecule has 1 amide bonds. The molecule has 4 heteroatoms. The van der Waals surface area contributed by atoms with Crippen molar-refractivity contribution < 1.29 is 9.90 Å². The molecule has 0 aliphatic heterocycles. The second-order valence-electron chi connectivity index (χ2n) is 6.25. The topological polar surface area (TPSA) is 49.3 Å². The lowest BCUT2D eigenvalue weighted by molar-refractivity contribution is -0.123. The summed E-state index contributed by atoms with van der Waals surface area (Å²) >= 11 is 1.57. The van der Waals surface area contributed by atoms with Crippen molar-refractivity contribution in [1.29, 1.82) is 0 Å². The summed E-state index contributed by atoms with van der Waals surface area (Å²) in [5.74, 6) is 0.245. The van der Waals surface area contributed by atoms with Crippen molar-refractivity contribution in [2.24, 2.45) is 5.92 Å². The van der Waals surface area contributed by atoms with Gasteiger partial charge in [-0.15, -0.1) is 11.8 Å². The molecule has 116 valence electrons. The number of carbonyl (C=O) groups excluding carboxylic acids is 1. The molecule has 2 rings (SSSR count). The van der Waals surface area contributed by atoms with Gasteiger partial charge in [-0.25, -0.2) is 0 Å². The van der Waals surface area contributed by atoms with Crippen molar-refractivity contribution in [1.82, 2.24) is 5.32 Å². The highest BCUT2D eigenvalue weighted by molar-refractivity contribution is 8.01. The Morgan fingerprint density at radius 1 is 1.29 bits per heavy atom. The number of hydrogen-bond acceptors (Lipinski definition) is 3. The third kappa shape index (κ3) is 4.75. The van der Waals surface area contributed by atoms with E-state index in [1.807, 2.05) is 44.2 Å². The van der Waals surface area contributed by atoms with Crippen molar-refractivity contribution in [3.63, 3.8) is 0 Å². The van der Waals surface area contributed by atoms with Crippen molar-refractivity contribution >= 4 is 17.7 Å². The second kappa shape index (κ2) is 7.32. The van der Waals surface area contributed by atoms with E-state index in [0.29, 0.717) is 6.54 Å². The van der Waals surface area contributed by atoms with E-state index in [2.05, 4.69) is 5.32 Å². The fourth-order valence-electron chi connectivity index (χ4n) is 2.69. The van der Waals surface area contributed by atoms with Crippen molar-refractivity contribution in [3.8, 4) is 0 Å². The van der Waals surface area contributed by atoms with Gasteiger partial charge >= 0.3 is 0 Å². The van der Waals surface area contributed by atoms with Crippen molar-refractivity contribution in [3.05, 3.63) is 30.3 Å². The average Bonchev–Trinajstić information content (AvgIpc) is 2.46. The number of benzene rings is 1. The molecule has 1 aliphatic rings. The minimum atomic E-state index is -0.513. The van der Waals surface area contributed by atoms with Crippen LogP contribution in [-0.2, 0) is 4.79 Å². The predicted molar refractivity (Wildman–Crippen MR) is 87.4 cm³/mol. The molecule has 2 N–H and O–H groups in total. The third-order valence-electron chi connectivity index (χ3n) is 4.06. The minimum absolute atomic E-state index is 0.0362. The van der Waals surface area contributed by atoms with E-state index in [9.17, 15) is 9.90 Å². The fourth-order valence-corrected chi connectivity index (χ4v) is 3.74. The first-order chi connectivity index (χ1) is 9.99. The van der Waals surface area contributed by atoms with Gasteiger partial charge in [-0.1, -0.05) is 31.0 Å². The van der Waals surface area contributed by atoms with Crippen LogP contribution in [0.2, 0.25) is 0 Å². The van der Waals surface area contributed by atoms with Crippen LogP contribution in [0.4, 0.5) is 0 Å². The molecular weight excluding hydrogens is 282 g/mol. The van der Waals surface area contributed by atoms with Gasteiger partial charge in [0.15, 0.2) is 0 Å². The van der Waals surface area contributed by atoms with Crippen LogP contribution < -0.4 is 5.32 Å². The molecule has 1 saturated carbocycles. The number of nitrogens with one attached hydrogen (secondary N) is 1. The van der Waals surface area contributed by atoms with Gasteiger partial charge in [-0.2, -0.15) is 0 Å². The molecule has 2 unspecified atom stereocenters. The van der Waals surface area contributed by atoms with E-state index < -0.39 is 4.75 Å². The molecule has 1 aromatic carbocycles. The molecule has 0 saturated heterocycles. The summed E-state index contributed by atoms with van der Waals surface area (Å²) < 4.78 is -0.513. The number of rotatable bonds is 5. The van der Waals surface area contributed by atoms with E-state index >= 15 is 0 Å². The lowest BCUT2D eigenvalue weighted by Gasteiger charge is -2.29. The van der Waals surface area contributed by atoms with Crippen LogP contribution in [0.25, 0.3) is 0 Å². The molecule has 1 aromatic rings. The predicted octanol–water partition coefficient (Wildman–Crippen LogP) is 3.22. The highest BCUT2D eigenvalue weighted by Gasteiger charge is 2.30. The van der Waals surface area contributed by atoms with Crippen LogP contribution >= 0.6 is 11.8 Å². The van der Waals surface area contributed by atoms with E-state index in [1.165, 1.54) is 0 Å². The molecule has 0 bridgehead atoms. The Bertz CT molecular complexity index is 461. The van der Waals surface area contributed by atoms with Gasteiger partial charge in [0.25, 0.3) is 0 Å². The van der Waals surface area contributed by atoms with Gasteiger partial charge < -0.3 is 10.4 Å². The molecule has 3 nitrogen and oxygen atoms in total. The molecule has 2 atom stereocenters. The molecule has 1 aliphatic carbocycles. The minimum Gasteiger partial charge on any atom is -0.393 e. The normalized spacial score (nSPS) is 22.8. The Kier molecular flexibility index (Phi) is 5.71. The van der Waals surface area contributed by atoms with Crippen LogP contribution in [0.1, 0.15) is 39.5 Å². The smallest absolute Gasteiger partial charge is 0.236 e. The summed E-state index contributed by atoms with van der Waals surface area (Å²) in [6.07, 6.45) is 3.86. The summed E-state index contributed by atoms with van der Waals surface area (Å²) in [6, 6.07) is 9.97. The van der Waals surface area contributed by atoms with Crippen molar-refractivity contribution in [2.75, 3.05) is 6.54 Å². The maximum Gasteiger partial charge on any atom is 0.236 e. The lowest BCUT2D eigenvalue weighted by atomic mass is 9.86. The van der Waals surface area contributed by atoms with Crippen LogP contribution in [0, 0.1) is 5.92 Å². The van der Waals surface area contributed by atoms with Gasteiger partial charge in [0.1, 0.15) is 0 Å². The summed E-state index contributed by atoms with van der Waals surface area (Å²) in [7, 11) is 0. The average molecular weight is 307 g/mol. The summed E-state index contributed by atoms with van der Waals surface area (Å²) in [5.41, 5.74) is 0. The molecular formula is C17H25NO2S. The molecule has 0 aromatic heterocycles. The number of carbonyl (C=O) groups is 1. The van der Waals surface area contributed by atoms with Crippen molar-refractivity contribution in [2.45, 2.75) is 55.3 Å². The number of aliphatic hydroxyl groups excluding tert-OH is 1. The lowest BCUT2D eigenvalue weighted by Crippen LogP contribution is -2.44. The number of hydrogen-bond donors (Lipinski definition) is 2. The van der Waals surface area contributed by atoms with Crippen LogP contribution in [0.15, 0.2) is 35.2 Å². The quantitative estimate of drug-likeness (QED) is 0.821. The van der Waals surface area contributed by atoms with E-state index in [0.717, 1.165) is 30.6 Å². The maximum atomic E-state index is 12.4. The van der Waals surface area contributed by atoms with Gasteiger partial charge in [0.2, 0.25) is 5.91 Å². The SMILES string of the molecule is CC(C)(Sc1ccccc1)C(=O)NCC1CCCCC1O. The molecule has 0 radical (unpaired) electrons.